The number of rotatable bonds is 6. The van der Waals surface area contributed by atoms with Crippen molar-refractivity contribution in [3.8, 4) is 0 Å². The second kappa shape index (κ2) is 6.67. The van der Waals surface area contributed by atoms with Gasteiger partial charge in [0, 0.05) is 10.5 Å². The van der Waals surface area contributed by atoms with Crippen LogP contribution in [0.2, 0.25) is 0 Å². The number of unbranched alkanes of at least 4 members (excludes halogenated alkanes) is 1. The lowest BCUT2D eigenvalue weighted by Crippen LogP contribution is -2.35. The predicted octanol–water partition coefficient (Wildman–Crippen LogP) is 3.14. The third kappa shape index (κ3) is 2.47. The maximum atomic E-state index is 13.0. The fourth-order valence-electron chi connectivity index (χ4n) is 4.02. The number of anilines is 1. The molecule has 26 heavy (non-hydrogen) atoms. The second-order valence-corrected chi connectivity index (χ2v) is 8.08. The molecule has 3 aliphatic heterocycles. The fourth-order valence-corrected chi connectivity index (χ4v) is 5.33. The molecule has 2 amide bonds. The number of benzene rings is 1. The minimum Gasteiger partial charge on any atom is -0.365 e. The van der Waals surface area contributed by atoms with Crippen LogP contribution in [-0.4, -0.2) is 36.1 Å². The molecule has 3 aliphatic rings. The Morgan fingerprint density at radius 3 is 2.38 bits per heavy atom. The summed E-state index contributed by atoms with van der Waals surface area (Å²) in [6, 6.07) is 3.60. The first kappa shape index (κ1) is 17.5. The number of hydrogen-bond acceptors (Lipinski definition) is 5. The van der Waals surface area contributed by atoms with Crippen LogP contribution in [0.15, 0.2) is 29.2 Å². The molecular weight excluding hydrogens is 350 g/mol. The van der Waals surface area contributed by atoms with Gasteiger partial charge in [-0.25, -0.2) is 4.90 Å². The molecular formula is C20H21NO4S. The Morgan fingerprint density at radius 2 is 1.81 bits per heavy atom. The Morgan fingerprint density at radius 1 is 1.15 bits per heavy atom. The number of amides is 2. The molecule has 0 radical (unpaired) electrons. The summed E-state index contributed by atoms with van der Waals surface area (Å²) in [4.78, 5) is 39.8. The third-order valence-electron chi connectivity index (χ3n) is 5.41. The Bertz CT molecular complexity index is 788. The maximum absolute atomic E-state index is 13.0. The lowest BCUT2D eigenvalue weighted by molar-refractivity contribution is -0.124. The molecule has 1 aromatic carbocycles. The van der Waals surface area contributed by atoms with Crippen LogP contribution < -0.4 is 4.90 Å². The van der Waals surface area contributed by atoms with Crippen molar-refractivity contribution in [1.29, 1.82) is 0 Å². The Hall–Kier alpha value is -1.92. The van der Waals surface area contributed by atoms with E-state index in [9.17, 15) is 14.4 Å². The van der Waals surface area contributed by atoms with Crippen LogP contribution in [0.25, 0.3) is 0 Å². The number of aryl methyl sites for hydroxylation is 1. The zero-order valence-electron chi connectivity index (χ0n) is 14.8. The van der Waals surface area contributed by atoms with E-state index < -0.39 is 11.8 Å². The lowest BCUT2D eigenvalue weighted by Gasteiger charge is -2.22. The van der Waals surface area contributed by atoms with Crippen molar-refractivity contribution < 1.29 is 19.1 Å². The van der Waals surface area contributed by atoms with Crippen LogP contribution in [0.4, 0.5) is 5.69 Å². The highest BCUT2D eigenvalue weighted by molar-refractivity contribution is 7.99. The second-order valence-electron chi connectivity index (χ2n) is 6.98. The Balaban J connectivity index is 1.75. The number of imide groups is 1. The van der Waals surface area contributed by atoms with Gasteiger partial charge in [0.1, 0.15) is 0 Å². The molecule has 0 N–H and O–H groups in total. The van der Waals surface area contributed by atoms with E-state index >= 15 is 0 Å². The third-order valence-corrected chi connectivity index (χ3v) is 6.62. The summed E-state index contributed by atoms with van der Waals surface area (Å²) in [5, 5.41) is 0. The fraction of sp³-hybridized carbons (Fsp3) is 0.450. The van der Waals surface area contributed by atoms with Gasteiger partial charge in [-0.1, -0.05) is 31.6 Å². The molecule has 2 saturated heterocycles. The number of fused-ring (bicyclic) bond motifs is 5. The van der Waals surface area contributed by atoms with Crippen LogP contribution >= 0.6 is 11.8 Å². The number of hydrogen-bond donors (Lipinski definition) is 0. The normalized spacial score (nSPS) is 28.9. The highest BCUT2D eigenvalue weighted by Gasteiger charge is 2.61. The molecule has 2 bridgehead atoms. The highest BCUT2D eigenvalue weighted by atomic mass is 32.2. The number of carbonyl (C=O) groups is 3. The molecule has 4 rings (SSSR count). The van der Waals surface area contributed by atoms with Gasteiger partial charge in [0.15, 0.2) is 6.29 Å². The summed E-state index contributed by atoms with van der Waals surface area (Å²) < 4.78 is 5.70. The van der Waals surface area contributed by atoms with Gasteiger partial charge in [-0.2, -0.15) is 0 Å². The maximum Gasteiger partial charge on any atom is 0.240 e. The molecule has 6 heteroatoms. The van der Waals surface area contributed by atoms with Gasteiger partial charge in [-0.05, 0) is 30.7 Å². The van der Waals surface area contributed by atoms with Gasteiger partial charge in [-0.15, -0.1) is 11.8 Å². The molecule has 4 unspecified atom stereocenters. The molecule has 0 saturated carbocycles. The van der Waals surface area contributed by atoms with Crippen molar-refractivity contribution in [3.63, 3.8) is 0 Å². The number of nitrogens with zero attached hydrogens (tertiary/aromatic N) is 1. The van der Waals surface area contributed by atoms with E-state index in [2.05, 4.69) is 6.92 Å². The zero-order chi connectivity index (χ0) is 18.4. The molecule has 136 valence electrons. The van der Waals surface area contributed by atoms with Crippen molar-refractivity contribution >= 4 is 35.5 Å². The van der Waals surface area contributed by atoms with Crippen molar-refractivity contribution in [2.24, 2.45) is 11.8 Å². The van der Waals surface area contributed by atoms with Crippen molar-refractivity contribution in [2.75, 3.05) is 10.7 Å². The summed E-state index contributed by atoms with van der Waals surface area (Å²) in [5.74, 6) is -0.462. The van der Waals surface area contributed by atoms with E-state index in [0.29, 0.717) is 11.3 Å². The molecule has 1 aromatic rings. The number of aldehydes is 1. The first-order valence-electron chi connectivity index (χ1n) is 9.01. The van der Waals surface area contributed by atoms with Gasteiger partial charge in [-0.3, -0.25) is 14.4 Å². The van der Waals surface area contributed by atoms with Crippen LogP contribution in [0.5, 0.6) is 0 Å². The SMILES string of the molecule is CCCCSc1c(N2C(=O)C3C4C=CC(O4)C3C2=O)ccc(C)c1C=O. The summed E-state index contributed by atoms with van der Waals surface area (Å²) in [6.07, 6.45) is 6.02. The van der Waals surface area contributed by atoms with E-state index in [0.717, 1.165) is 35.3 Å². The molecule has 5 nitrogen and oxygen atoms in total. The van der Waals surface area contributed by atoms with Crippen molar-refractivity contribution in [1.82, 2.24) is 0 Å². The topological polar surface area (TPSA) is 63.7 Å². The molecule has 3 heterocycles. The van der Waals surface area contributed by atoms with Crippen LogP contribution in [-0.2, 0) is 14.3 Å². The molecule has 0 aromatic heterocycles. The summed E-state index contributed by atoms with van der Waals surface area (Å²) in [5.41, 5.74) is 1.97. The van der Waals surface area contributed by atoms with Gasteiger partial charge in [0.2, 0.25) is 11.8 Å². The summed E-state index contributed by atoms with van der Waals surface area (Å²) >= 11 is 1.55. The highest BCUT2D eigenvalue weighted by Crippen LogP contribution is 2.48. The minimum atomic E-state index is -0.438. The van der Waals surface area contributed by atoms with Crippen LogP contribution in [0.3, 0.4) is 0 Å². The van der Waals surface area contributed by atoms with E-state index in [-0.39, 0.29) is 24.0 Å². The largest absolute Gasteiger partial charge is 0.365 e. The average molecular weight is 371 g/mol. The standard InChI is InChI=1S/C20H21NO4S/c1-3-4-9-26-18-12(10-22)11(2)5-6-13(18)21-19(23)16-14-7-8-15(25-14)17(16)20(21)24/h5-8,10,14-17H,3-4,9H2,1-2H3. The van der Waals surface area contributed by atoms with Crippen molar-refractivity contribution in [3.05, 3.63) is 35.4 Å². The van der Waals surface area contributed by atoms with Crippen LogP contribution in [0, 0.1) is 18.8 Å². The van der Waals surface area contributed by atoms with Gasteiger partial charge in [0.25, 0.3) is 0 Å². The first-order chi connectivity index (χ1) is 12.6. The van der Waals surface area contributed by atoms with E-state index in [1.165, 1.54) is 4.90 Å². The van der Waals surface area contributed by atoms with Gasteiger partial charge in [0.05, 0.1) is 29.7 Å². The van der Waals surface area contributed by atoms with Crippen LogP contribution in [0.1, 0.15) is 35.7 Å². The lowest BCUT2D eigenvalue weighted by atomic mass is 9.85. The monoisotopic (exact) mass is 371 g/mol. The predicted molar refractivity (Wildman–Crippen MR) is 99.5 cm³/mol. The van der Waals surface area contributed by atoms with E-state index in [4.69, 9.17) is 4.74 Å². The van der Waals surface area contributed by atoms with E-state index in [1.807, 2.05) is 19.1 Å². The Labute approximate surface area is 156 Å². The zero-order valence-corrected chi connectivity index (χ0v) is 15.6. The molecule has 2 fully saturated rings. The van der Waals surface area contributed by atoms with Gasteiger partial charge >= 0.3 is 0 Å². The first-order valence-corrected chi connectivity index (χ1v) is 10.00. The quantitative estimate of drug-likeness (QED) is 0.253. The minimum absolute atomic E-state index is 0.213. The Kier molecular flexibility index (Phi) is 4.49. The van der Waals surface area contributed by atoms with E-state index in [1.54, 1.807) is 23.9 Å². The number of carbonyl (C=O) groups excluding carboxylic acids is 3. The molecule has 4 atom stereocenters. The number of thioether (sulfide) groups is 1. The van der Waals surface area contributed by atoms with Crippen molar-refractivity contribution in [2.45, 2.75) is 43.8 Å². The summed E-state index contributed by atoms with van der Waals surface area (Å²) in [6.45, 7) is 3.98. The molecule has 0 spiro atoms. The van der Waals surface area contributed by atoms with Gasteiger partial charge < -0.3 is 4.74 Å². The number of ether oxygens (including phenoxy) is 1. The molecule has 0 aliphatic carbocycles. The smallest absolute Gasteiger partial charge is 0.240 e. The average Bonchev–Trinajstić information content (AvgIpc) is 3.30. The summed E-state index contributed by atoms with van der Waals surface area (Å²) in [7, 11) is 0.